The van der Waals surface area contributed by atoms with Gasteiger partial charge in [-0.15, -0.1) is 11.8 Å². The Hall–Kier alpha value is -1.02. The molecule has 1 aliphatic rings. The van der Waals surface area contributed by atoms with E-state index in [4.69, 9.17) is 0 Å². The maximum atomic E-state index is 4.45. The summed E-state index contributed by atoms with van der Waals surface area (Å²) in [5.41, 5.74) is 2.55. The lowest BCUT2D eigenvalue weighted by Gasteiger charge is -2.06. The average molecular weight is 217 g/mol. The molecular weight excluding hydrogens is 202 g/mol. The monoisotopic (exact) mass is 217 g/mol. The van der Waals surface area contributed by atoms with Crippen molar-refractivity contribution in [2.45, 2.75) is 13.3 Å². The minimum absolute atomic E-state index is 0.987. The van der Waals surface area contributed by atoms with Crippen molar-refractivity contribution in [1.82, 2.24) is 0 Å². The van der Waals surface area contributed by atoms with E-state index in [9.17, 15) is 0 Å². The van der Waals surface area contributed by atoms with Crippen LogP contribution in [0.25, 0.3) is 6.08 Å². The van der Waals surface area contributed by atoms with E-state index < -0.39 is 0 Å². The zero-order chi connectivity index (χ0) is 10.5. The highest BCUT2D eigenvalue weighted by atomic mass is 32.2. The first-order chi connectivity index (χ1) is 7.34. The summed E-state index contributed by atoms with van der Waals surface area (Å²) in [6, 6.07) is 8.55. The van der Waals surface area contributed by atoms with Crippen molar-refractivity contribution in [2.24, 2.45) is 4.99 Å². The van der Waals surface area contributed by atoms with Gasteiger partial charge >= 0.3 is 0 Å². The number of thioether (sulfide) groups is 1. The predicted molar refractivity (Wildman–Crippen MR) is 69.6 cm³/mol. The van der Waals surface area contributed by atoms with Crippen LogP contribution in [0.4, 0.5) is 0 Å². The van der Waals surface area contributed by atoms with E-state index >= 15 is 0 Å². The second-order valence-corrected chi connectivity index (χ2v) is 4.78. The van der Waals surface area contributed by atoms with Crippen molar-refractivity contribution >= 4 is 22.9 Å². The topological polar surface area (TPSA) is 12.4 Å². The summed E-state index contributed by atoms with van der Waals surface area (Å²) >= 11 is 1.85. The van der Waals surface area contributed by atoms with Crippen LogP contribution in [0.2, 0.25) is 0 Å². The van der Waals surface area contributed by atoms with E-state index in [2.05, 4.69) is 48.3 Å². The fourth-order valence-corrected chi connectivity index (χ4v) is 2.25. The smallest absolute Gasteiger partial charge is 0.0904 e. The molecule has 0 spiro atoms. The third kappa shape index (κ3) is 3.24. The van der Waals surface area contributed by atoms with E-state index in [1.165, 1.54) is 28.3 Å². The largest absolute Gasteiger partial charge is 0.278 e. The molecule has 0 amide bonds. The summed E-state index contributed by atoms with van der Waals surface area (Å²) in [6.07, 6.45) is 5.47. The van der Waals surface area contributed by atoms with Gasteiger partial charge in [0.05, 0.1) is 5.04 Å². The van der Waals surface area contributed by atoms with E-state index in [0.29, 0.717) is 0 Å². The third-order valence-electron chi connectivity index (χ3n) is 2.32. The molecule has 1 aromatic carbocycles. The van der Waals surface area contributed by atoms with E-state index in [-0.39, 0.29) is 0 Å². The summed E-state index contributed by atoms with van der Waals surface area (Å²) in [4.78, 5) is 4.45. The van der Waals surface area contributed by atoms with Gasteiger partial charge in [-0.3, -0.25) is 4.99 Å². The number of hydrogen-bond acceptors (Lipinski definition) is 2. The highest BCUT2D eigenvalue weighted by Gasteiger charge is 2.01. The van der Waals surface area contributed by atoms with Gasteiger partial charge in [-0.2, -0.15) is 0 Å². The lowest BCUT2D eigenvalue weighted by Crippen LogP contribution is -2.00. The molecule has 15 heavy (non-hydrogen) atoms. The Bertz CT molecular complexity index is 376. The first-order valence-corrected chi connectivity index (χ1v) is 6.25. The molecule has 0 N–H and O–H groups in total. The maximum absolute atomic E-state index is 4.45. The van der Waals surface area contributed by atoms with Gasteiger partial charge in [0.15, 0.2) is 0 Å². The van der Waals surface area contributed by atoms with Crippen molar-refractivity contribution < 1.29 is 0 Å². The molecule has 0 unspecified atom stereocenters. The van der Waals surface area contributed by atoms with E-state index in [0.717, 1.165) is 6.54 Å². The zero-order valence-corrected chi connectivity index (χ0v) is 9.76. The Kier molecular flexibility index (Phi) is 3.62. The fraction of sp³-hybridized carbons (Fsp3) is 0.308. The molecule has 1 aliphatic heterocycles. The molecule has 0 atom stereocenters. The molecule has 1 heterocycles. The van der Waals surface area contributed by atoms with Crippen molar-refractivity contribution in [3.8, 4) is 0 Å². The Morgan fingerprint density at radius 3 is 2.67 bits per heavy atom. The predicted octanol–water partition coefficient (Wildman–Crippen LogP) is 3.54. The van der Waals surface area contributed by atoms with Gasteiger partial charge in [0.2, 0.25) is 0 Å². The van der Waals surface area contributed by atoms with Crippen LogP contribution in [0.3, 0.4) is 0 Å². The molecule has 78 valence electrons. The number of nitrogens with zero attached hydrogens (tertiary/aromatic N) is 1. The molecule has 0 aliphatic carbocycles. The van der Waals surface area contributed by atoms with Crippen molar-refractivity contribution in [2.75, 3.05) is 12.3 Å². The van der Waals surface area contributed by atoms with Crippen LogP contribution in [0, 0.1) is 6.92 Å². The van der Waals surface area contributed by atoms with Gasteiger partial charge in [-0.1, -0.05) is 35.9 Å². The molecule has 2 rings (SSSR count). The zero-order valence-electron chi connectivity index (χ0n) is 8.94. The standard InChI is InChI=1S/C13H15NS/c1-11-3-5-12(6-4-11)7-8-13-14-9-2-10-15-13/h3-8H,2,9-10H2,1H3/b8-7+. The third-order valence-corrected chi connectivity index (χ3v) is 3.37. The first-order valence-electron chi connectivity index (χ1n) is 5.26. The summed E-state index contributed by atoms with van der Waals surface area (Å²) in [6.45, 7) is 3.09. The van der Waals surface area contributed by atoms with Crippen LogP contribution in [0.1, 0.15) is 17.5 Å². The van der Waals surface area contributed by atoms with Gasteiger partial charge in [-0.05, 0) is 25.0 Å². The van der Waals surface area contributed by atoms with Gasteiger partial charge in [-0.25, -0.2) is 0 Å². The normalized spacial score (nSPS) is 16.7. The summed E-state index contributed by atoms with van der Waals surface area (Å²) < 4.78 is 0. The molecule has 0 radical (unpaired) electrons. The lowest BCUT2D eigenvalue weighted by atomic mass is 10.1. The summed E-state index contributed by atoms with van der Waals surface area (Å²) in [5, 5.41) is 1.17. The van der Waals surface area contributed by atoms with Gasteiger partial charge in [0.1, 0.15) is 0 Å². The second kappa shape index (κ2) is 5.17. The van der Waals surface area contributed by atoms with Crippen LogP contribution < -0.4 is 0 Å². The fourth-order valence-electron chi connectivity index (χ4n) is 1.42. The maximum Gasteiger partial charge on any atom is 0.0904 e. The molecule has 0 saturated carbocycles. The molecule has 1 aromatic rings. The first kappa shape index (κ1) is 10.5. The van der Waals surface area contributed by atoms with Gasteiger partial charge in [0, 0.05) is 12.3 Å². The number of aliphatic imine (C=N–C) groups is 1. The molecule has 0 saturated heterocycles. The second-order valence-electron chi connectivity index (χ2n) is 3.67. The number of aryl methyl sites for hydroxylation is 1. The Morgan fingerprint density at radius 2 is 2.00 bits per heavy atom. The molecule has 0 aromatic heterocycles. The van der Waals surface area contributed by atoms with Crippen LogP contribution >= 0.6 is 11.8 Å². The summed E-state index contributed by atoms with van der Waals surface area (Å²) in [7, 11) is 0. The van der Waals surface area contributed by atoms with Crippen molar-refractivity contribution in [3.05, 3.63) is 41.5 Å². The van der Waals surface area contributed by atoms with E-state index in [1.54, 1.807) is 0 Å². The Morgan fingerprint density at radius 1 is 1.20 bits per heavy atom. The van der Waals surface area contributed by atoms with Gasteiger partial charge in [0.25, 0.3) is 0 Å². The molecule has 1 nitrogen and oxygen atoms in total. The average Bonchev–Trinajstić information content (AvgIpc) is 2.30. The lowest BCUT2D eigenvalue weighted by molar-refractivity contribution is 0.940. The molecule has 0 bridgehead atoms. The minimum Gasteiger partial charge on any atom is -0.278 e. The number of rotatable bonds is 2. The van der Waals surface area contributed by atoms with Crippen molar-refractivity contribution in [1.29, 1.82) is 0 Å². The highest BCUT2D eigenvalue weighted by molar-refractivity contribution is 8.14. The SMILES string of the molecule is Cc1ccc(/C=C/C2=NCCCS2)cc1. The Labute approximate surface area is 95.3 Å². The minimum atomic E-state index is 0.987. The van der Waals surface area contributed by atoms with E-state index in [1.807, 2.05) is 11.8 Å². The van der Waals surface area contributed by atoms with Crippen LogP contribution in [0.5, 0.6) is 0 Å². The number of benzene rings is 1. The van der Waals surface area contributed by atoms with Crippen LogP contribution in [0.15, 0.2) is 35.3 Å². The van der Waals surface area contributed by atoms with Crippen LogP contribution in [-0.2, 0) is 0 Å². The van der Waals surface area contributed by atoms with Gasteiger partial charge < -0.3 is 0 Å². The van der Waals surface area contributed by atoms with Crippen molar-refractivity contribution in [3.63, 3.8) is 0 Å². The molecule has 0 fully saturated rings. The number of hydrogen-bond donors (Lipinski definition) is 0. The Balaban J connectivity index is 2.04. The van der Waals surface area contributed by atoms with Crippen LogP contribution in [-0.4, -0.2) is 17.3 Å². The molecular formula is C13H15NS. The molecule has 2 heteroatoms. The quantitative estimate of drug-likeness (QED) is 0.738. The summed E-state index contributed by atoms with van der Waals surface area (Å²) in [5.74, 6) is 1.21. The highest BCUT2D eigenvalue weighted by Crippen LogP contribution is 2.14.